The van der Waals surface area contributed by atoms with E-state index in [1.54, 1.807) is 0 Å². The second kappa shape index (κ2) is 7.29. The van der Waals surface area contributed by atoms with Gasteiger partial charge in [-0.25, -0.2) is 13.1 Å². The van der Waals surface area contributed by atoms with E-state index < -0.39 is 27.6 Å². The minimum absolute atomic E-state index is 0.101. The molecule has 0 radical (unpaired) electrons. The molecule has 0 heterocycles. The second-order valence-corrected chi connectivity index (χ2v) is 5.83. The molecule has 1 aromatic rings. The van der Waals surface area contributed by atoms with Crippen LogP contribution in [-0.2, 0) is 10.0 Å². The Morgan fingerprint density at radius 3 is 2.30 bits per heavy atom. The van der Waals surface area contributed by atoms with Gasteiger partial charge in [0, 0.05) is 24.8 Å². The summed E-state index contributed by atoms with van der Waals surface area (Å²) in [5.74, 6) is 0. The number of non-ortho nitro benzene ring substituents is 1. The zero-order valence-electron chi connectivity index (χ0n) is 10.6. The van der Waals surface area contributed by atoms with E-state index in [4.69, 9.17) is 10.2 Å². The van der Waals surface area contributed by atoms with Crippen molar-refractivity contribution in [3.8, 4) is 0 Å². The van der Waals surface area contributed by atoms with E-state index in [1.807, 2.05) is 0 Å². The van der Waals surface area contributed by atoms with Crippen molar-refractivity contribution >= 4 is 15.7 Å². The molecular weight excluding hydrogens is 288 g/mol. The largest absolute Gasteiger partial charge is 0.396 e. The molecule has 0 aliphatic carbocycles. The molecule has 3 N–H and O–H groups in total. The number of hydrogen-bond donors (Lipinski definition) is 3. The van der Waals surface area contributed by atoms with Crippen molar-refractivity contribution in [2.45, 2.75) is 23.8 Å². The van der Waals surface area contributed by atoms with Crippen molar-refractivity contribution in [3.63, 3.8) is 0 Å². The third-order valence-electron chi connectivity index (χ3n) is 2.61. The molecule has 8 nitrogen and oxygen atoms in total. The van der Waals surface area contributed by atoms with Crippen molar-refractivity contribution in [1.29, 1.82) is 0 Å². The lowest BCUT2D eigenvalue weighted by Gasteiger charge is -2.15. The van der Waals surface area contributed by atoms with Gasteiger partial charge in [-0.3, -0.25) is 10.1 Å². The molecule has 0 fully saturated rings. The summed E-state index contributed by atoms with van der Waals surface area (Å²) in [6.45, 7) is -0.498. The van der Waals surface area contributed by atoms with Gasteiger partial charge in [0.05, 0.1) is 16.4 Å². The van der Waals surface area contributed by atoms with Crippen molar-refractivity contribution in [2.75, 3.05) is 13.2 Å². The van der Waals surface area contributed by atoms with Gasteiger partial charge >= 0.3 is 0 Å². The van der Waals surface area contributed by atoms with E-state index in [0.717, 1.165) is 24.3 Å². The fourth-order valence-electron chi connectivity index (χ4n) is 1.56. The molecule has 1 atom stereocenters. The van der Waals surface area contributed by atoms with Crippen LogP contribution in [0.3, 0.4) is 0 Å². The summed E-state index contributed by atoms with van der Waals surface area (Å²) in [7, 11) is -3.86. The van der Waals surface area contributed by atoms with Gasteiger partial charge in [0.2, 0.25) is 10.0 Å². The highest BCUT2D eigenvalue weighted by Crippen LogP contribution is 2.16. The molecule has 0 aliphatic rings. The van der Waals surface area contributed by atoms with Crippen molar-refractivity contribution in [2.24, 2.45) is 0 Å². The van der Waals surface area contributed by atoms with Crippen LogP contribution in [0.5, 0.6) is 0 Å². The van der Waals surface area contributed by atoms with E-state index in [0.29, 0.717) is 12.8 Å². The van der Waals surface area contributed by atoms with Crippen LogP contribution >= 0.6 is 0 Å². The van der Waals surface area contributed by atoms with E-state index in [9.17, 15) is 18.5 Å². The third kappa shape index (κ3) is 4.53. The summed E-state index contributed by atoms with van der Waals surface area (Å²) in [6, 6.07) is 3.73. The maximum Gasteiger partial charge on any atom is 0.269 e. The Morgan fingerprint density at radius 1 is 1.25 bits per heavy atom. The molecule has 0 spiro atoms. The molecule has 0 saturated heterocycles. The number of nitrogens with zero attached hydrogens (tertiary/aromatic N) is 1. The Balaban J connectivity index is 2.84. The first-order valence-electron chi connectivity index (χ1n) is 5.89. The van der Waals surface area contributed by atoms with Gasteiger partial charge < -0.3 is 10.2 Å². The quantitative estimate of drug-likeness (QED) is 0.458. The number of rotatable bonds is 8. The van der Waals surface area contributed by atoms with Crippen molar-refractivity contribution in [1.82, 2.24) is 4.72 Å². The van der Waals surface area contributed by atoms with Crippen LogP contribution in [0.1, 0.15) is 12.8 Å². The lowest BCUT2D eigenvalue weighted by Crippen LogP contribution is -2.37. The Hall–Kier alpha value is -1.55. The minimum atomic E-state index is -3.86. The Kier molecular flexibility index (Phi) is 6.02. The highest BCUT2D eigenvalue weighted by atomic mass is 32.2. The van der Waals surface area contributed by atoms with Crippen LogP contribution in [0.4, 0.5) is 5.69 Å². The average Bonchev–Trinajstić information content (AvgIpc) is 2.43. The first-order valence-corrected chi connectivity index (χ1v) is 7.37. The van der Waals surface area contributed by atoms with E-state index >= 15 is 0 Å². The van der Waals surface area contributed by atoms with Gasteiger partial charge in [-0.2, -0.15) is 0 Å². The summed E-state index contributed by atoms with van der Waals surface area (Å²) in [5, 5.41) is 28.3. The van der Waals surface area contributed by atoms with Crippen molar-refractivity contribution in [3.05, 3.63) is 34.4 Å². The van der Waals surface area contributed by atoms with Crippen molar-refractivity contribution < 1.29 is 23.6 Å². The molecule has 0 amide bonds. The summed E-state index contributed by atoms with van der Waals surface area (Å²) in [5.41, 5.74) is -0.206. The monoisotopic (exact) mass is 304 g/mol. The topological polar surface area (TPSA) is 130 Å². The van der Waals surface area contributed by atoms with Crippen LogP contribution < -0.4 is 4.72 Å². The Labute approximate surface area is 116 Å². The summed E-state index contributed by atoms with van der Waals surface area (Å²) < 4.78 is 26.3. The molecule has 1 aromatic carbocycles. The Bertz CT molecular complexity index is 543. The fourth-order valence-corrected chi connectivity index (χ4v) is 2.82. The zero-order chi connectivity index (χ0) is 15.2. The SMILES string of the molecule is O=[N+]([O-])c1ccc(S(=O)(=O)N[C@@H](CO)CCCO)cc1. The van der Waals surface area contributed by atoms with E-state index in [1.165, 1.54) is 0 Å². The minimum Gasteiger partial charge on any atom is -0.396 e. The molecule has 0 aromatic heterocycles. The molecular formula is C11H16N2O6S. The lowest BCUT2D eigenvalue weighted by atomic mass is 10.2. The molecule has 1 rings (SSSR count). The predicted octanol–water partition coefficient (Wildman–Crippen LogP) is 0.00650. The number of aliphatic hydroxyl groups excluding tert-OH is 2. The van der Waals surface area contributed by atoms with Crippen LogP contribution in [0.2, 0.25) is 0 Å². The zero-order valence-corrected chi connectivity index (χ0v) is 11.4. The highest BCUT2D eigenvalue weighted by Gasteiger charge is 2.20. The highest BCUT2D eigenvalue weighted by molar-refractivity contribution is 7.89. The van der Waals surface area contributed by atoms with Gasteiger partial charge in [-0.15, -0.1) is 0 Å². The molecule has 0 aliphatic heterocycles. The predicted molar refractivity (Wildman–Crippen MR) is 70.6 cm³/mol. The maximum atomic E-state index is 12.0. The molecule has 112 valence electrons. The number of aliphatic hydroxyl groups is 2. The summed E-state index contributed by atoms with van der Waals surface area (Å²) >= 11 is 0. The number of nitro benzene ring substituents is 1. The standard InChI is InChI=1S/C11H16N2O6S/c14-7-1-2-9(8-15)12-20(18,19)11-5-3-10(4-6-11)13(16)17/h3-6,9,12,14-15H,1-2,7-8H2/t9-/m1/s1. The Morgan fingerprint density at radius 2 is 1.85 bits per heavy atom. The van der Waals surface area contributed by atoms with Crippen LogP contribution in [-0.4, -0.2) is 42.8 Å². The van der Waals surface area contributed by atoms with Gasteiger partial charge in [-0.1, -0.05) is 0 Å². The van der Waals surface area contributed by atoms with Crippen LogP contribution in [0.25, 0.3) is 0 Å². The lowest BCUT2D eigenvalue weighted by molar-refractivity contribution is -0.384. The number of hydrogen-bond acceptors (Lipinski definition) is 6. The molecule has 9 heteroatoms. The molecule has 0 unspecified atom stereocenters. The molecule has 0 saturated carbocycles. The average molecular weight is 304 g/mol. The maximum absolute atomic E-state index is 12.0. The normalized spacial score (nSPS) is 13.1. The van der Waals surface area contributed by atoms with Crippen LogP contribution in [0, 0.1) is 10.1 Å². The number of nitrogens with one attached hydrogen (secondary N) is 1. The van der Waals surface area contributed by atoms with E-state index in [2.05, 4.69) is 4.72 Å². The van der Waals surface area contributed by atoms with E-state index in [-0.39, 0.29) is 17.2 Å². The third-order valence-corrected chi connectivity index (χ3v) is 4.15. The summed E-state index contributed by atoms with van der Waals surface area (Å²) in [6.07, 6.45) is 0.646. The van der Waals surface area contributed by atoms with Gasteiger partial charge in [0.15, 0.2) is 0 Å². The fraction of sp³-hybridized carbons (Fsp3) is 0.455. The smallest absolute Gasteiger partial charge is 0.269 e. The number of nitro groups is 1. The van der Waals surface area contributed by atoms with Crippen LogP contribution in [0.15, 0.2) is 29.2 Å². The molecule has 20 heavy (non-hydrogen) atoms. The molecule has 0 bridgehead atoms. The first-order chi connectivity index (χ1) is 9.40. The van der Waals surface area contributed by atoms with Gasteiger partial charge in [0.25, 0.3) is 5.69 Å². The number of sulfonamides is 1. The number of benzene rings is 1. The summed E-state index contributed by atoms with van der Waals surface area (Å²) in [4.78, 5) is 9.74. The van der Waals surface area contributed by atoms with Gasteiger partial charge in [-0.05, 0) is 25.0 Å². The first kappa shape index (κ1) is 16.5. The second-order valence-electron chi connectivity index (χ2n) is 4.12. The van der Waals surface area contributed by atoms with Gasteiger partial charge in [0.1, 0.15) is 0 Å².